The van der Waals surface area contributed by atoms with Gasteiger partial charge in [-0.1, -0.05) is 13.8 Å². The Hall–Kier alpha value is -2.63. The zero-order valence-electron chi connectivity index (χ0n) is 14.3. The standard InChI is InChI=1S/C19H21F2NO3/c1-3-9-24-17-8-5-13(11-18(17)25-10-4-2)19(23)22-16-7-6-14(20)12-15(16)21/h5-8,11-12H,3-4,9-10H2,1-2H3,(H,22,23). The molecule has 1 amide bonds. The first-order chi connectivity index (χ1) is 12.0. The second-order valence-electron chi connectivity index (χ2n) is 5.44. The highest BCUT2D eigenvalue weighted by Gasteiger charge is 2.14. The second kappa shape index (κ2) is 9.01. The van der Waals surface area contributed by atoms with Crippen LogP contribution in [0.3, 0.4) is 0 Å². The molecule has 2 rings (SSSR count). The number of rotatable bonds is 8. The van der Waals surface area contributed by atoms with Crippen molar-refractivity contribution >= 4 is 11.6 Å². The van der Waals surface area contributed by atoms with Crippen LogP contribution in [0.15, 0.2) is 36.4 Å². The quantitative estimate of drug-likeness (QED) is 0.745. The monoisotopic (exact) mass is 349 g/mol. The predicted molar refractivity (Wildman–Crippen MR) is 92.3 cm³/mol. The Labute approximate surface area is 145 Å². The zero-order chi connectivity index (χ0) is 18.2. The summed E-state index contributed by atoms with van der Waals surface area (Å²) in [6, 6.07) is 7.74. The van der Waals surface area contributed by atoms with Gasteiger partial charge in [-0.3, -0.25) is 4.79 Å². The van der Waals surface area contributed by atoms with E-state index in [0.29, 0.717) is 36.3 Å². The number of benzene rings is 2. The van der Waals surface area contributed by atoms with Crippen molar-refractivity contribution in [1.29, 1.82) is 0 Å². The molecular weight excluding hydrogens is 328 g/mol. The van der Waals surface area contributed by atoms with Crippen molar-refractivity contribution in [3.8, 4) is 11.5 Å². The first-order valence-corrected chi connectivity index (χ1v) is 8.21. The van der Waals surface area contributed by atoms with Gasteiger partial charge < -0.3 is 14.8 Å². The molecule has 0 heterocycles. The summed E-state index contributed by atoms with van der Waals surface area (Å²) in [4.78, 5) is 12.3. The molecule has 0 fully saturated rings. The van der Waals surface area contributed by atoms with Crippen molar-refractivity contribution < 1.29 is 23.0 Å². The maximum Gasteiger partial charge on any atom is 0.255 e. The van der Waals surface area contributed by atoms with Crippen LogP contribution in [0.2, 0.25) is 0 Å². The summed E-state index contributed by atoms with van der Waals surface area (Å²) in [7, 11) is 0. The van der Waals surface area contributed by atoms with E-state index in [1.54, 1.807) is 18.2 Å². The Morgan fingerprint density at radius 3 is 2.28 bits per heavy atom. The molecular formula is C19H21F2NO3. The number of amides is 1. The largest absolute Gasteiger partial charge is 0.490 e. The Morgan fingerprint density at radius 1 is 0.960 bits per heavy atom. The Morgan fingerprint density at radius 2 is 1.64 bits per heavy atom. The molecule has 134 valence electrons. The van der Waals surface area contributed by atoms with E-state index >= 15 is 0 Å². The number of anilines is 1. The molecule has 0 bridgehead atoms. The lowest BCUT2D eigenvalue weighted by Gasteiger charge is -2.14. The number of hydrogen-bond acceptors (Lipinski definition) is 3. The third-order valence-corrected chi connectivity index (χ3v) is 3.31. The van der Waals surface area contributed by atoms with Gasteiger partial charge in [-0.05, 0) is 43.2 Å². The fourth-order valence-electron chi connectivity index (χ4n) is 2.09. The fourth-order valence-corrected chi connectivity index (χ4v) is 2.09. The summed E-state index contributed by atoms with van der Waals surface area (Å²) in [5.74, 6) is -1.04. The molecule has 2 aromatic rings. The van der Waals surface area contributed by atoms with Crippen LogP contribution in [0.1, 0.15) is 37.0 Å². The molecule has 0 saturated heterocycles. The molecule has 0 saturated carbocycles. The molecule has 0 spiro atoms. The summed E-state index contributed by atoms with van der Waals surface area (Å²) in [6.07, 6.45) is 1.66. The lowest BCUT2D eigenvalue weighted by Crippen LogP contribution is -2.13. The van der Waals surface area contributed by atoms with Crippen molar-refractivity contribution in [3.63, 3.8) is 0 Å². The molecule has 4 nitrogen and oxygen atoms in total. The highest BCUT2D eigenvalue weighted by atomic mass is 19.1. The molecule has 1 N–H and O–H groups in total. The SMILES string of the molecule is CCCOc1ccc(C(=O)Nc2ccc(F)cc2F)cc1OCCC. The minimum atomic E-state index is -0.835. The molecule has 6 heteroatoms. The van der Waals surface area contributed by atoms with Crippen LogP contribution in [-0.2, 0) is 0 Å². The maximum atomic E-state index is 13.7. The van der Waals surface area contributed by atoms with E-state index in [0.717, 1.165) is 18.9 Å². The predicted octanol–water partition coefficient (Wildman–Crippen LogP) is 4.79. The Bertz CT molecular complexity index is 735. The van der Waals surface area contributed by atoms with Gasteiger partial charge in [0, 0.05) is 11.6 Å². The summed E-state index contributed by atoms with van der Waals surface area (Å²) in [5, 5.41) is 2.42. The number of nitrogens with one attached hydrogen (secondary N) is 1. The lowest BCUT2D eigenvalue weighted by molar-refractivity contribution is 0.102. The van der Waals surface area contributed by atoms with E-state index in [9.17, 15) is 13.6 Å². The van der Waals surface area contributed by atoms with Crippen molar-refractivity contribution in [2.45, 2.75) is 26.7 Å². The van der Waals surface area contributed by atoms with Crippen molar-refractivity contribution in [1.82, 2.24) is 0 Å². The van der Waals surface area contributed by atoms with Crippen LogP contribution >= 0.6 is 0 Å². The van der Waals surface area contributed by atoms with Crippen LogP contribution in [0, 0.1) is 11.6 Å². The van der Waals surface area contributed by atoms with Gasteiger partial charge in [0.15, 0.2) is 11.5 Å². The highest BCUT2D eigenvalue weighted by molar-refractivity contribution is 6.04. The molecule has 0 aromatic heterocycles. The van der Waals surface area contributed by atoms with Crippen LogP contribution in [-0.4, -0.2) is 19.1 Å². The van der Waals surface area contributed by atoms with Gasteiger partial charge in [0.1, 0.15) is 11.6 Å². The second-order valence-corrected chi connectivity index (χ2v) is 5.44. The number of hydrogen-bond donors (Lipinski definition) is 1. The smallest absolute Gasteiger partial charge is 0.255 e. The topological polar surface area (TPSA) is 47.6 Å². The highest BCUT2D eigenvalue weighted by Crippen LogP contribution is 2.29. The minimum absolute atomic E-state index is 0.0891. The van der Waals surface area contributed by atoms with Crippen LogP contribution in [0.25, 0.3) is 0 Å². The summed E-state index contributed by atoms with van der Waals surface area (Å²) in [6.45, 7) is 4.99. The van der Waals surface area contributed by atoms with E-state index in [-0.39, 0.29) is 5.69 Å². The van der Waals surface area contributed by atoms with Gasteiger partial charge in [-0.2, -0.15) is 0 Å². The number of carbonyl (C=O) groups is 1. The van der Waals surface area contributed by atoms with Gasteiger partial charge >= 0.3 is 0 Å². The molecule has 25 heavy (non-hydrogen) atoms. The van der Waals surface area contributed by atoms with Crippen molar-refractivity contribution in [2.24, 2.45) is 0 Å². The van der Waals surface area contributed by atoms with E-state index in [1.165, 1.54) is 6.07 Å². The van der Waals surface area contributed by atoms with Gasteiger partial charge in [-0.25, -0.2) is 8.78 Å². The third-order valence-electron chi connectivity index (χ3n) is 3.31. The lowest BCUT2D eigenvalue weighted by atomic mass is 10.1. The number of carbonyl (C=O) groups excluding carboxylic acids is 1. The van der Waals surface area contributed by atoms with Crippen LogP contribution < -0.4 is 14.8 Å². The zero-order valence-corrected chi connectivity index (χ0v) is 14.3. The molecule has 0 aliphatic heterocycles. The Balaban J connectivity index is 2.20. The first-order valence-electron chi connectivity index (χ1n) is 8.21. The van der Waals surface area contributed by atoms with Gasteiger partial charge in [0.05, 0.1) is 18.9 Å². The average molecular weight is 349 g/mol. The van der Waals surface area contributed by atoms with Crippen molar-refractivity contribution in [2.75, 3.05) is 18.5 Å². The molecule has 0 atom stereocenters. The molecule has 2 aromatic carbocycles. The summed E-state index contributed by atoms with van der Waals surface area (Å²) >= 11 is 0. The Kier molecular flexibility index (Phi) is 6.74. The molecule has 0 unspecified atom stereocenters. The third kappa shape index (κ3) is 5.17. The summed E-state index contributed by atoms with van der Waals surface area (Å²) in [5.41, 5.74) is 0.201. The van der Waals surface area contributed by atoms with E-state index in [1.807, 2.05) is 13.8 Å². The summed E-state index contributed by atoms with van der Waals surface area (Å²) < 4.78 is 37.9. The number of halogens is 2. The normalized spacial score (nSPS) is 10.4. The first kappa shape index (κ1) is 18.7. The minimum Gasteiger partial charge on any atom is -0.490 e. The van der Waals surface area contributed by atoms with E-state index in [2.05, 4.69) is 5.32 Å². The van der Waals surface area contributed by atoms with Gasteiger partial charge in [0.2, 0.25) is 0 Å². The average Bonchev–Trinajstić information content (AvgIpc) is 2.60. The maximum absolute atomic E-state index is 13.7. The van der Waals surface area contributed by atoms with Gasteiger partial charge in [0.25, 0.3) is 5.91 Å². The molecule has 0 aliphatic rings. The van der Waals surface area contributed by atoms with E-state index in [4.69, 9.17) is 9.47 Å². The van der Waals surface area contributed by atoms with Crippen molar-refractivity contribution in [3.05, 3.63) is 53.6 Å². The molecule has 0 radical (unpaired) electrons. The van der Waals surface area contributed by atoms with E-state index < -0.39 is 17.5 Å². The van der Waals surface area contributed by atoms with Crippen LogP contribution in [0.4, 0.5) is 14.5 Å². The number of ether oxygens (including phenoxy) is 2. The van der Waals surface area contributed by atoms with Gasteiger partial charge in [-0.15, -0.1) is 0 Å². The van der Waals surface area contributed by atoms with Crippen LogP contribution in [0.5, 0.6) is 11.5 Å². The molecule has 0 aliphatic carbocycles. The fraction of sp³-hybridized carbons (Fsp3) is 0.316.